The highest BCUT2D eigenvalue weighted by Crippen LogP contribution is 2.15. The van der Waals surface area contributed by atoms with Gasteiger partial charge in [-0.3, -0.25) is 0 Å². The Morgan fingerprint density at radius 3 is 3.05 bits per heavy atom. The molecule has 2 rings (SSSR count). The number of thiazole rings is 1. The number of benzene rings is 1. The van der Waals surface area contributed by atoms with Crippen LogP contribution >= 0.6 is 11.3 Å². The Labute approximate surface area is 122 Å². The van der Waals surface area contributed by atoms with Crippen LogP contribution in [-0.4, -0.2) is 17.6 Å². The minimum absolute atomic E-state index is 0.0514. The molecule has 0 spiro atoms. The number of aromatic nitrogens is 1. The lowest BCUT2D eigenvalue weighted by Crippen LogP contribution is -2.30. The Balaban J connectivity index is 1.80. The molecule has 0 fully saturated rings. The lowest BCUT2D eigenvalue weighted by atomic mass is 10.1. The van der Waals surface area contributed by atoms with E-state index in [9.17, 15) is 4.79 Å². The molecular weight excluding hydrogens is 272 g/mol. The zero-order valence-electron chi connectivity index (χ0n) is 11.3. The predicted octanol–water partition coefficient (Wildman–Crippen LogP) is 2.53. The number of amides is 2. The molecule has 1 aromatic carbocycles. The van der Waals surface area contributed by atoms with Crippen molar-refractivity contribution >= 4 is 23.1 Å². The second kappa shape index (κ2) is 7.02. The number of nitrogens with two attached hydrogens (primary N) is 1. The molecule has 20 heavy (non-hydrogen) atoms. The summed E-state index contributed by atoms with van der Waals surface area (Å²) < 4.78 is 0. The second-order valence-electron chi connectivity index (χ2n) is 4.52. The van der Waals surface area contributed by atoms with Gasteiger partial charge in [0.2, 0.25) is 0 Å². The number of hydrogen-bond acceptors (Lipinski definition) is 4. The standard InChI is InChI=1S/C14H18N4OS/c1-10(15)11-3-2-4-12(7-11)18-14(19)16-6-5-13-8-20-9-17-13/h2-4,7-10H,5-6,15H2,1H3,(H2,16,18,19). The number of nitrogens with zero attached hydrogens (tertiary/aromatic N) is 1. The van der Waals surface area contributed by atoms with Crippen molar-refractivity contribution in [3.05, 3.63) is 46.4 Å². The van der Waals surface area contributed by atoms with Crippen molar-refractivity contribution in [2.75, 3.05) is 11.9 Å². The van der Waals surface area contributed by atoms with Crippen molar-refractivity contribution in [2.45, 2.75) is 19.4 Å². The van der Waals surface area contributed by atoms with E-state index in [0.717, 1.165) is 23.4 Å². The number of anilines is 1. The van der Waals surface area contributed by atoms with Crippen molar-refractivity contribution in [2.24, 2.45) is 5.73 Å². The van der Waals surface area contributed by atoms with Crippen molar-refractivity contribution in [1.82, 2.24) is 10.3 Å². The summed E-state index contributed by atoms with van der Waals surface area (Å²) in [6, 6.07) is 7.27. The first-order valence-corrected chi connectivity index (χ1v) is 7.37. The fourth-order valence-corrected chi connectivity index (χ4v) is 2.33. The van der Waals surface area contributed by atoms with Crippen LogP contribution in [-0.2, 0) is 6.42 Å². The molecule has 5 nitrogen and oxygen atoms in total. The molecule has 2 aromatic rings. The number of rotatable bonds is 5. The minimum Gasteiger partial charge on any atom is -0.337 e. The molecule has 106 valence electrons. The maximum absolute atomic E-state index is 11.8. The molecule has 1 atom stereocenters. The van der Waals surface area contributed by atoms with Gasteiger partial charge in [-0.1, -0.05) is 12.1 Å². The third-order valence-corrected chi connectivity index (χ3v) is 3.46. The Morgan fingerprint density at radius 1 is 1.50 bits per heavy atom. The molecule has 0 aliphatic carbocycles. The zero-order valence-corrected chi connectivity index (χ0v) is 12.1. The van der Waals surface area contributed by atoms with Gasteiger partial charge >= 0.3 is 6.03 Å². The van der Waals surface area contributed by atoms with Gasteiger partial charge in [0.1, 0.15) is 0 Å². The molecule has 1 heterocycles. The molecule has 0 bridgehead atoms. The first kappa shape index (κ1) is 14.5. The molecule has 2 amide bonds. The average Bonchev–Trinajstić information content (AvgIpc) is 2.92. The van der Waals surface area contributed by atoms with Crippen molar-refractivity contribution in [3.8, 4) is 0 Å². The molecule has 1 aromatic heterocycles. The molecule has 0 aliphatic heterocycles. The SMILES string of the molecule is CC(N)c1cccc(NC(=O)NCCc2cscn2)c1. The Bertz CT molecular complexity index is 554. The van der Waals surface area contributed by atoms with Crippen LogP contribution in [0.3, 0.4) is 0 Å². The van der Waals surface area contributed by atoms with Crippen LogP contribution in [0.2, 0.25) is 0 Å². The fraction of sp³-hybridized carbons (Fsp3) is 0.286. The normalized spacial score (nSPS) is 11.9. The molecular formula is C14H18N4OS. The lowest BCUT2D eigenvalue weighted by Gasteiger charge is -2.10. The lowest BCUT2D eigenvalue weighted by molar-refractivity contribution is 0.252. The van der Waals surface area contributed by atoms with Gasteiger partial charge in [0, 0.05) is 30.1 Å². The second-order valence-corrected chi connectivity index (χ2v) is 5.24. The van der Waals surface area contributed by atoms with E-state index < -0.39 is 0 Å². The first-order chi connectivity index (χ1) is 9.65. The topological polar surface area (TPSA) is 80.0 Å². The van der Waals surface area contributed by atoms with Crippen LogP contribution in [0.4, 0.5) is 10.5 Å². The van der Waals surface area contributed by atoms with E-state index in [-0.39, 0.29) is 12.1 Å². The largest absolute Gasteiger partial charge is 0.337 e. The third-order valence-electron chi connectivity index (χ3n) is 2.82. The van der Waals surface area contributed by atoms with Gasteiger partial charge in [-0.25, -0.2) is 9.78 Å². The number of carbonyl (C=O) groups excluding carboxylic acids is 1. The summed E-state index contributed by atoms with van der Waals surface area (Å²) in [5.74, 6) is 0. The van der Waals surface area contributed by atoms with Crippen LogP contribution in [0.15, 0.2) is 35.2 Å². The van der Waals surface area contributed by atoms with E-state index in [0.29, 0.717) is 6.54 Å². The molecule has 0 saturated carbocycles. The van der Waals surface area contributed by atoms with Crippen molar-refractivity contribution in [1.29, 1.82) is 0 Å². The molecule has 0 aliphatic rings. The molecule has 0 saturated heterocycles. The van der Waals surface area contributed by atoms with Gasteiger partial charge in [-0.05, 0) is 24.6 Å². The number of nitrogens with one attached hydrogen (secondary N) is 2. The van der Waals surface area contributed by atoms with E-state index in [2.05, 4.69) is 15.6 Å². The van der Waals surface area contributed by atoms with Crippen molar-refractivity contribution in [3.63, 3.8) is 0 Å². The average molecular weight is 290 g/mol. The van der Waals surface area contributed by atoms with E-state index >= 15 is 0 Å². The molecule has 0 radical (unpaired) electrons. The van der Waals surface area contributed by atoms with Crippen LogP contribution in [0.1, 0.15) is 24.2 Å². The van der Waals surface area contributed by atoms with Gasteiger partial charge in [-0.2, -0.15) is 0 Å². The van der Waals surface area contributed by atoms with E-state index in [4.69, 9.17) is 5.73 Å². The molecule has 4 N–H and O–H groups in total. The summed E-state index contributed by atoms with van der Waals surface area (Å²) in [6.45, 7) is 2.47. The van der Waals surface area contributed by atoms with Gasteiger partial charge in [0.05, 0.1) is 11.2 Å². The van der Waals surface area contributed by atoms with E-state index in [1.54, 1.807) is 16.8 Å². The van der Waals surface area contributed by atoms with Gasteiger partial charge in [0.15, 0.2) is 0 Å². The van der Waals surface area contributed by atoms with Crippen molar-refractivity contribution < 1.29 is 4.79 Å². The highest BCUT2D eigenvalue weighted by Gasteiger charge is 2.04. The number of urea groups is 1. The fourth-order valence-electron chi connectivity index (χ4n) is 1.74. The quantitative estimate of drug-likeness (QED) is 0.791. The Kier molecular flexibility index (Phi) is 5.09. The summed E-state index contributed by atoms with van der Waals surface area (Å²) in [5.41, 5.74) is 10.3. The predicted molar refractivity (Wildman–Crippen MR) is 81.9 cm³/mol. The summed E-state index contributed by atoms with van der Waals surface area (Å²) in [4.78, 5) is 15.9. The van der Waals surface area contributed by atoms with E-state index in [1.165, 1.54) is 0 Å². The van der Waals surface area contributed by atoms with E-state index in [1.807, 2.05) is 36.6 Å². The maximum Gasteiger partial charge on any atom is 0.319 e. The first-order valence-electron chi connectivity index (χ1n) is 6.42. The van der Waals surface area contributed by atoms with Crippen LogP contribution < -0.4 is 16.4 Å². The van der Waals surface area contributed by atoms with Crippen LogP contribution in [0, 0.1) is 0 Å². The molecule has 1 unspecified atom stereocenters. The van der Waals surface area contributed by atoms with Gasteiger partial charge < -0.3 is 16.4 Å². The smallest absolute Gasteiger partial charge is 0.319 e. The molecule has 6 heteroatoms. The van der Waals surface area contributed by atoms with Crippen LogP contribution in [0.25, 0.3) is 0 Å². The highest BCUT2D eigenvalue weighted by molar-refractivity contribution is 7.07. The zero-order chi connectivity index (χ0) is 14.4. The summed E-state index contributed by atoms with van der Waals surface area (Å²) in [6.07, 6.45) is 0.733. The van der Waals surface area contributed by atoms with Gasteiger partial charge in [0.25, 0.3) is 0 Å². The highest BCUT2D eigenvalue weighted by atomic mass is 32.1. The number of hydrogen-bond donors (Lipinski definition) is 3. The summed E-state index contributed by atoms with van der Waals surface area (Å²) in [7, 11) is 0. The number of carbonyl (C=O) groups is 1. The maximum atomic E-state index is 11.8. The summed E-state index contributed by atoms with van der Waals surface area (Å²) in [5, 5.41) is 7.57. The monoisotopic (exact) mass is 290 g/mol. The Morgan fingerprint density at radius 2 is 2.35 bits per heavy atom. The minimum atomic E-state index is -0.220. The van der Waals surface area contributed by atoms with Gasteiger partial charge in [-0.15, -0.1) is 11.3 Å². The summed E-state index contributed by atoms with van der Waals surface area (Å²) >= 11 is 1.55. The third kappa shape index (κ3) is 4.32. The van der Waals surface area contributed by atoms with Crippen LogP contribution in [0.5, 0.6) is 0 Å². The Hall–Kier alpha value is -1.92.